The molecule has 0 aromatic carbocycles. The molecule has 0 unspecified atom stereocenters. The van der Waals surface area contributed by atoms with Crippen molar-refractivity contribution < 1.29 is 22.0 Å². The number of alkyl halides is 5. The molecule has 0 amide bonds. The molecule has 98 valence electrons. The summed E-state index contributed by atoms with van der Waals surface area (Å²) >= 11 is 0. The lowest BCUT2D eigenvalue weighted by Gasteiger charge is -2.19. The van der Waals surface area contributed by atoms with Gasteiger partial charge in [0.25, 0.3) is 0 Å². The first-order valence-corrected chi connectivity index (χ1v) is 5.14. The van der Waals surface area contributed by atoms with Crippen LogP contribution < -0.4 is 0 Å². The Kier molecular flexibility index (Phi) is 4.05. The van der Waals surface area contributed by atoms with Crippen molar-refractivity contribution in [1.82, 2.24) is 15.0 Å². The summed E-state index contributed by atoms with van der Waals surface area (Å²) in [4.78, 5) is 0. The van der Waals surface area contributed by atoms with E-state index in [9.17, 15) is 22.0 Å². The van der Waals surface area contributed by atoms with Gasteiger partial charge in [-0.25, -0.2) is 4.68 Å². The van der Waals surface area contributed by atoms with Gasteiger partial charge in [0.05, 0.1) is 6.20 Å². The van der Waals surface area contributed by atoms with E-state index in [0.717, 1.165) is 12.8 Å². The van der Waals surface area contributed by atoms with Crippen LogP contribution in [0.1, 0.15) is 31.9 Å². The second-order valence-electron chi connectivity index (χ2n) is 3.62. The molecule has 1 rings (SSSR count). The summed E-state index contributed by atoms with van der Waals surface area (Å²) in [6, 6.07) is 0. The van der Waals surface area contributed by atoms with E-state index in [1.54, 1.807) is 0 Å². The van der Waals surface area contributed by atoms with Crippen molar-refractivity contribution in [2.45, 2.75) is 44.8 Å². The van der Waals surface area contributed by atoms with Gasteiger partial charge in [0.15, 0.2) is 0 Å². The number of halogens is 5. The standard InChI is InChI=1S/C9H12F5N3/c1-2-3-4-5-17-7(6-15-16-17)8(10,11)9(12,13)14/h6H,2-5H2,1H3. The maximum absolute atomic E-state index is 13.0. The highest BCUT2D eigenvalue weighted by Gasteiger charge is 2.60. The van der Waals surface area contributed by atoms with Crippen LogP contribution >= 0.6 is 0 Å². The van der Waals surface area contributed by atoms with Crippen LogP contribution in [0, 0.1) is 0 Å². The van der Waals surface area contributed by atoms with Gasteiger partial charge in [0, 0.05) is 6.54 Å². The van der Waals surface area contributed by atoms with E-state index in [2.05, 4.69) is 10.3 Å². The molecular weight excluding hydrogens is 245 g/mol. The summed E-state index contributed by atoms with van der Waals surface area (Å²) in [5.74, 6) is -4.91. The highest BCUT2D eigenvalue weighted by atomic mass is 19.4. The maximum Gasteiger partial charge on any atom is 0.459 e. The minimum absolute atomic E-state index is 0.00877. The summed E-state index contributed by atoms with van der Waals surface area (Å²) in [6.07, 6.45) is -3.12. The van der Waals surface area contributed by atoms with Crippen LogP contribution in [0.5, 0.6) is 0 Å². The first-order chi connectivity index (χ1) is 7.80. The molecule has 0 fully saturated rings. The molecule has 0 atom stereocenters. The Labute approximate surface area is 94.6 Å². The van der Waals surface area contributed by atoms with Crippen LogP contribution in [0.4, 0.5) is 22.0 Å². The van der Waals surface area contributed by atoms with Gasteiger partial charge in [0.1, 0.15) is 5.69 Å². The molecule has 8 heteroatoms. The summed E-state index contributed by atoms with van der Waals surface area (Å²) < 4.78 is 63.1. The topological polar surface area (TPSA) is 30.7 Å². The van der Waals surface area contributed by atoms with Gasteiger partial charge < -0.3 is 0 Å². The summed E-state index contributed by atoms with van der Waals surface area (Å²) in [5.41, 5.74) is -1.21. The van der Waals surface area contributed by atoms with E-state index in [0.29, 0.717) is 17.3 Å². The molecule has 0 radical (unpaired) electrons. The van der Waals surface area contributed by atoms with E-state index in [1.807, 2.05) is 6.92 Å². The largest absolute Gasteiger partial charge is 0.459 e. The average Bonchev–Trinajstić information content (AvgIpc) is 2.65. The van der Waals surface area contributed by atoms with Crippen molar-refractivity contribution in [3.05, 3.63) is 11.9 Å². The van der Waals surface area contributed by atoms with Gasteiger partial charge in [-0.15, -0.1) is 5.10 Å². The Morgan fingerprint density at radius 1 is 1.18 bits per heavy atom. The van der Waals surface area contributed by atoms with Crippen molar-refractivity contribution in [1.29, 1.82) is 0 Å². The van der Waals surface area contributed by atoms with E-state index in [4.69, 9.17) is 0 Å². The molecule has 1 heterocycles. The Morgan fingerprint density at radius 2 is 1.82 bits per heavy atom. The zero-order valence-corrected chi connectivity index (χ0v) is 9.14. The molecule has 0 spiro atoms. The lowest BCUT2D eigenvalue weighted by Crippen LogP contribution is -2.36. The quantitative estimate of drug-likeness (QED) is 0.599. The highest BCUT2D eigenvalue weighted by Crippen LogP contribution is 2.43. The second-order valence-corrected chi connectivity index (χ2v) is 3.62. The first-order valence-electron chi connectivity index (χ1n) is 5.14. The minimum atomic E-state index is -5.63. The normalized spacial score (nSPS) is 13.1. The number of rotatable bonds is 5. The molecule has 3 nitrogen and oxygen atoms in total. The van der Waals surface area contributed by atoms with Crippen molar-refractivity contribution in [2.75, 3.05) is 0 Å². The van der Waals surface area contributed by atoms with Gasteiger partial charge in [-0.1, -0.05) is 25.0 Å². The zero-order chi connectivity index (χ0) is 13.1. The number of nitrogens with zero attached hydrogens (tertiary/aromatic N) is 3. The van der Waals surface area contributed by atoms with E-state index in [-0.39, 0.29) is 6.54 Å². The monoisotopic (exact) mass is 257 g/mol. The van der Waals surface area contributed by atoms with E-state index < -0.39 is 17.8 Å². The second kappa shape index (κ2) is 4.97. The number of aryl methyl sites for hydroxylation is 1. The highest BCUT2D eigenvalue weighted by molar-refractivity contribution is 5.07. The summed E-state index contributed by atoms with van der Waals surface area (Å²) in [7, 11) is 0. The smallest absolute Gasteiger partial charge is 0.243 e. The Morgan fingerprint density at radius 3 is 2.35 bits per heavy atom. The third kappa shape index (κ3) is 2.92. The number of hydrogen-bond donors (Lipinski definition) is 0. The van der Waals surface area contributed by atoms with E-state index >= 15 is 0 Å². The summed E-state index contributed by atoms with van der Waals surface area (Å²) in [6.45, 7) is 1.90. The van der Waals surface area contributed by atoms with Crippen LogP contribution in [0.2, 0.25) is 0 Å². The van der Waals surface area contributed by atoms with Gasteiger partial charge >= 0.3 is 12.1 Å². The first kappa shape index (κ1) is 13.9. The van der Waals surface area contributed by atoms with Gasteiger partial charge in [-0.2, -0.15) is 22.0 Å². The fourth-order valence-electron chi connectivity index (χ4n) is 1.32. The fraction of sp³-hybridized carbons (Fsp3) is 0.778. The number of hydrogen-bond acceptors (Lipinski definition) is 2. The maximum atomic E-state index is 13.0. The Balaban J connectivity index is 2.88. The zero-order valence-electron chi connectivity index (χ0n) is 9.14. The lowest BCUT2D eigenvalue weighted by molar-refractivity contribution is -0.292. The molecule has 0 saturated heterocycles. The molecule has 0 N–H and O–H groups in total. The molecule has 0 aliphatic heterocycles. The molecule has 0 bridgehead atoms. The lowest BCUT2D eigenvalue weighted by atomic mass is 10.2. The van der Waals surface area contributed by atoms with E-state index in [1.165, 1.54) is 0 Å². The molecule has 0 aliphatic carbocycles. The number of aromatic nitrogens is 3. The molecule has 17 heavy (non-hydrogen) atoms. The predicted molar refractivity (Wildman–Crippen MR) is 49.5 cm³/mol. The molecule has 1 aromatic heterocycles. The minimum Gasteiger partial charge on any atom is -0.243 e. The molecule has 0 saturated carbocycles. The van der Waals surface area contributed by atoms with Crippen molar-refractivity contribution in [3.63, 3.8) is 0 Å². The number of unbranched alkanes of at least 4 members (excludes halogenated alkanes) is 2. The third-order valence-corrected chi connectivity index (χ3v) is 2.27. The molecule has 1 aromatic rings. The van der Waals surface area contributed by atoms with Gasteiger partial charge in [0.2, 0.25) is 0 Å². The van der Waals surface area contributed by atoms with Gasteiger partial charge in [-0.05, 0) is 6.42 Å². The van der Waals surface area contributed by atoms with Crippen LogP contribution in [-0.4, -0.2) is 21.2 Å². The van der Waals surface area contributed by atoms with Crippen molar-refractivity contribution in [2.24, 2.45) is 0 Å². The van der Waals surface area contributed by atoms with Crippen molar-refractivity contribution in [3.8, 4) is 0 Å². The van der Waals surface area contributed by atoms with Crippen LogP contribution in [0.15, 0.2) is 6.20 Å². The van der Waals surface area contributed by atoms with Crippen molar-refractivity contribution >= 4 is 0 Å². The van der Waals surface area contributed by atoms with Crippen LogP contribution in [0.3, 0.4) is 0 Å². The Bertz CT molecular complexity index is 358. The summed E-state index contributed by atoms with van der Waals surface area (Å²) in [5, 5.41) is 6.37. The van der Waals surface area contributed by atoms with Crippen LogP contribution in [-0.2, 0) is 12.5 Å². The fourth-order valence-corrected chi connectivity index (χ4v) is 1.32. The average molecular weight is 257 g/mol. The molecule has 0 aliphatic rings. The predicted octanol–water partition coefficient (Wildman–Crippen LogP) is 3.12. The SMILES string of the molecule is CCCCCn1nncc1C(F)(F)C(F)(F)F. The molecular formula is C9H12F5N3. The third-order valence-electron chi connectivity index (χ3n) is 2.27. The Hall–Kier alpha value is -1.21. The van der Waals surface area contributed by atoms with Crippen LogP contribution in [0.25, 0.3) is 0 Å². The van der Waals surface area contributed by atoms with Gasteiger partial charge in [-0.3, -0.25) is 0 Å².